The van der Waals surface area contributed by atoms with Gasteiger partial charge >= 0.3 is 0 Å². The van der Waals surface area contributed by atoms with E-state index in [9.17, 15) is 0 Å². The summed E-state index contributed by atoms with van der Waals surface area (Å²) in [7, 11) is 0. The van der Waals surface area contributed by atoms with Crippen molar-refractivity contribution in [3.05, 3.63) is 36.2 Å². The van der Waals surface area contributed by atoms with E-state index in [1.807, 2.05) is 18.2 Å². The first-order valence-corrected chi connectivity index (χ1v) is 3.70. The molecular weight excluding hydrogens is 152 g/mol. The summed E-state index contributed by atoms with van der Waals surface area (Å²) in [5.74, 6) is 0. The molecular formula is C9H8N2O. The van der Waals surface area contributed by atoms with Gasteiger partial charge in [0.1, 0.15) is 0 Å². The molecule has 2 aromatic rings. The van der Waals surface area contributed by atoms with Crippen molar-refractivity contribution < 1.29 is 5.11 Å². The molecule has 1 aromatic heterocycles. The largest absolute Gasteiger partial charge is 0.392 e. The van der Waals surface area contributed by atoms with Crippen LogP contribution in [-0.4, -0.2) is 15.1 Å². The van der Waals surface area contributed by atoms with Gasteiger partial charge in [0, 0.05) is 12.4 Å². The minimum absolute atomic E-state index is 0.0481. The van der Waals surface area contributed by atoms with E-state index in [0.717, 1.165) is 16.6 Å². The standard InChI is InChI=1S/C9H8N2O/c12-6-7-1-2-8-9(5-7)11-4-3-10-8/h1-5,12H,6H2. The zero-order valence-corrected chi connectivity index (χ0v) is 6.44. The quantitative estimate of drug-likeness (QED) is 0.680. The Hall–Kier alpha value is -1.48. The summed E-state index contributed by atoms with van der Waals surface area (Å²) in [6.07, 6.45) is 3.30. The van der Waals surface area contributed by atoms with Crippen LogP contribution in [0.1, 0.15) is 5.56 Å². The van der Waals surface area contributed by atoms with Crippen LogP contribution in [0.3, 0.4) is 0 Å². The van der Waals surface area contributed by atoms with Gasteiger partial charge < -0.3 is 5.11 Å². The maximum Gasteiger partial charge on any atom is 0.0890 e. The number of hydrogen-bond acceptors (Lipinski definition) is 3. The third-order valence-corrected chi connectivity index (χ3v) is 1.72. The fourth-order valence-corrected chi connectivity index (χ4v) is 1.11. The summed E-state index contributed by atoms with van der Waals surface area (Å²) in [4.78, 5) is 8.23. The van der Waals surface area contributed by atoms with Crippen LogP contribution in [0.2, 0.25) is 0 Å². The third kappa shape index (κ3) is 1.14. The molecule has 12 heavy (non-hydrogen) atoms. The lowest BCUT2D eigenvalue weighted by Crippen LogP contribution is -1.86. The van der Waals surface area contributed by atoms with E-state index in [4.69, 9.17) is 5.11 Å². The summed E-state index contributed by atoms with van der Waals surface area (Å²) in [5, 5.41) is 8.85. The zero-order chi connectivity index (χ0) is 8.39. The summed E-state index contributed by atoms with van der Waals surface area (Å²) < 4.78 is 0. The van der Waals surface area contributed by atoms with E-state index < -0.39 is 0 Å². The van der Waals surface area contributed by atoms with Crippen molar-refractivity contribution >= 4 is 11.0 Å². The average molecular weight is 160 g/mol. The lowest BCUT2D eigenvalue weighted by Gasteiger charge is -1.97. The Morgan fingerprint density at radius 3 is 2.58 bits per heavy atom. The minimum Gasteiger partial charge on any atom is -0.392 e. The van der Waals surface area contributed by atoms with Gasteiger partial charge in [-0.05, 0) is 17.7 Å². The highest BCUT2D eigenvalue weighted by Gasteiger charge is 1.95. The Kier molecular flexibility index (Phi) is 1.72. The maximum atomic E-state index is 8.85. The summed E-state index contributed by atoms with van der Waals surface area (Å²) in [6.45, 7) is 0.0481. The van der Waals surface area contributed by atoms with E-state index in [1.165, 1.54) is 0 Å². The molecule has 0 fully saturated rings. The molecule has 0 atom stereocenters. The topological polar surface area (TPSA) is 46.0 Å². The van der Waals surface area contributed by atoms with Crippen molar-refractivity contribution in [3.63, 3.8) is 0 Å². The minimum atomic E-state index is 0.0481. The normalized spacial score (nSPS) is 10.4. The van der Waals surface area contributed by atoms with Crippen molar-refractivity contribution in [1.29, 1.82) is 0 Å². The van der Waals surface area contributed by atoms with E-state index in [2.05, 4.69) is 9.97 Å². The number of benzene rings is 1. The van der Waals surface area contributed by atoms with Gasteiger partial charge in [0.25, 0.3) is 0 Å². The van der Waals surface area contributed by atoms with Crippen molar-refractivity contribution in [1.82, 2.24) is 9.97 Å². The molecule has 0 unspecified atom stereocenters. The molecule has 0 aliphatic carbocycles. The smallest absolute Gasteiger partial charge is 0.0890 e. The first-order valence-electron chi connectivity index (χ1n) is 3.70. The fourth-order valence-electron chi connectivity index (χ4n) is 1.11. The molecule has 0 saturated carbocycles. The van der Waals surface area contributed by atoms with E-state index in [-0.39, 0.29) is 6.61 Å². The second-order valence-electron chi connectivity index (χ2n) is 2.54. The summed E-state index contributed by atoms with van der Waals surface area (Å²) >= 11 is 0. The second kappa shape index (κ2) is 2.87. The fraction of sp³-hybridized carbons (Fsp3) is 0.111. The number of aromatic nitrogens is 2. The highest BCUT2D eigenvalue weighted by molar-refractivity contribution is 5.74. The first-order chi connectivity index (χ1) is 5.90. The number of aliphatic hydroxyl groups excluding tert-OH is 1. The van der Waals surface area contributed by atoms with Crippen LogP contribution in [0, 0.1) is 0 Å². The van der Waals surface area contributed by atoms with Crippen LogP contribution >= 0.6 is 0 Å². The number of rotatable bonds is 1. The van der Waals surface area contributed by atoms with Crippen molar-refractivity contribution in [3.8, 4) is 0 Å². The second-order valence-corrected chi connectivity index (χ2v) is 2.54. The molecule has 0 saturated heterocycles. The average Bonchev–Trinajstić information content (AvgIpc) is 2.17. The third-order valence-electron chi connectivity index (χ3n) is 1.72. The van der Waals surface area contributed by atoms with Gasteiger partial charge in [-0.1, -0.05) is 6.07 Å². The molecule has 1 N–H and O–H groups in total. The van der Waals surface area contributed by atoms with Gasteiger partial charge in [0.15, 0.2) is 0 Å². The van der Waals surface area contributed by atoms with Crippen LogP contribution in [0.5, 0.6) is 0 Å². The molecule has 0 spiro atoms. The van der Waals surface area contributed by atoms with E-state index in [1.54, 1.807) is 12.4 Å². The van der Waals surface area contributed by atoms with Gasteiger partial charge in [0.05, 0.1) is 17.6 Å². The zero-order valence-electron chi connectivity index (χ0n) is 6.44. The van der Waals surface area contributed by atoms with E-state index in [0.29, 0.717) is 0 Å². The number of fused-ring (bicyclic) bond motifs is 1. The van der Waals surface area contributed by atoms with Crippen molar-refractivity contribution in [2.75, 3.05) is 0 Å². The molecule has 3 nitrogen and oxygen atoms in total. The number of nitrogens with zero attached hydrogens (tertiary/aromatic N) is 2. The molecule has 0 bridgehead atoms. The van der Waals surface area contributed by atoms with E-state index >= 15 is 0 Å². The Morgan fingerprint density at radius 2 is 1.83 bits per heavy atom. The highest BCUT2D eigenvalue weighted by Crippen LogP contribution is 2.10. The SMILES string of the molecule is OCc1ccc2nccnc2c1. The van der Waals surface area contributed by atoms with Crippen LogP contribution in [0.25, 0.3) is 11.0 Å². The van der Waals surface area contributed by atoms with Crippen LogP contribution in [0.15, 0.2) is 30.6 Å². The number of aliphatic hydroxyl groups is 1. The molecule has 0 radical (unpaired) electrons. The molecule has 60 valence electrons. The molecule has 3 heteroatoms. The lowest BCUT2D eigenvalue weighted by molar-refractivity contribution is 0.282. The maximum absolute atomic E-state index is 8.85. The molecule has 1 aromatic carbocycles. The van der Waals surface area contributed by atoms with Crippen LogP contribution in [0.4, 0.5) is 0 Å². The highest BCUT2D eigenvalue weighted by atomic mass is 16.3. The summed E-state index contributed by atoms with van der Waals surface area (Å²) in [5.41, 5.74) is 2.54. The monoisotopic (exact) mass is 160 g/mol. The number of hydrogen-bond donors (Lipinski definition) is 1. The van der Waals surface area contributed by atoms with Gasteiger partial charge in [-0.15, -0.1) is 0 Å². The Balaban J connectivity index is 2.67. The molecule has 0 aliphatic rings. The predicted molar refractivity (Wildman–Crippen MR) is 45.5 cm³/mol. The van der Waals surface area contributed by atoms with Crippen LogP contribution in [-0.2, 0) is 6.61 Å². The Labute approximate surface area is 69.7 Å². The van der Waals surface area contributed by atoms with Crippen molar-refractivity contribution in [2.24, 2.45) is 0 Å². The van der Waals surface area contributed by atoms with Gasteiger partial charge in [0.2, 0.25) is 0 Å². The first kappa shape index (κ1) is 7.18. The molecule has 1 heterocycles. The Bertz CT molecular complexity index is 400. The lowest BCUT2D eigenvalue weighted by atomic mass is 10.2. The van der Waals surface area contributed by atoms with Gasteiger partial charge in [-0.2, -0.15) is 0 Å². The molecule has 0 amide bonds. The molecule has 2 rings (SSSR count). The Morgan fingerprint density at radius 1 is 1.08 bits per heavy atom. The van der Waals surface area contributed by atoms with Crippen molar-refractivity contribution in [2.45, 2.75) is 6.61 Å². The van der Waals surface area contributed by atoms with Gasteiger partial charge in [-0.3, -0.25) is 9.97 Å². The summed E-state index contributed by atoms with van der Waals surface area (Å²) in [6, 6.07) is 5.53. The molecule has 0 aliphatic heterocycles. The predicted octanol–water partition coefficient (Wildman–Crippen LogP) is 1.12. The van der Waals surface area contributed by atoms with Crippen LogP contribution < -0.4 is 0 Å². The van der Waals surface area contributed by atoms with Gasteiger partial charge in [-0.25, -0.2) is 0 Å².